The van der Waals surface area contributed by atoms with E-state index in [0.717, 1.165) is 6.07 Å². The third-order valence-corrected chi connectivity index (χ3v) is 2.70. The number of unbranched alkanes of at least 4 members (excludes halogenated alkanes) is 5. The van der Waals surface area contributed by atoms with Crippen LogP contribution in [-0.2, 0) is 0 Å². The van der Waals surface area contributed by atoms with Gasteiger partial charge in [-0.3, -0.25) is 4.79 Å². The van der Waals surface area contributed by atoms with Crippen molar-refractivity contribution in [1.82, 2.24) is 0 Å². The number of benzene rings is 1. The number of hydrogen-bond acceptors (Lipinski definition) is 3. The molecule has 0 unspecified atom stereocenters. The summed E-state index contributed by atoms with van der Waals surface area (Å²) in [5.74, 6) is -1.09. The highest BCUT2D eigenvalue weighted by Gasteiger charge is 2.06. The van der Waals surface area contributed by atoms with Gasteiger partial charge in [0.05, 0.1) is 5.56 Å². The molecule has 0 radical (unpaired) electrons. The van der Waals surface area contributed by atoms with E-state index in [1.807, 2.05) is 0 Å². The molecule has 108 valence electrons. The Morgan fingerprint density at radius 3 is 1.95 bits per heavy atom. The second-order valence-electron chi connectivity index (χ2n) is 4.48. The molecule has 0 saturated carbocycles. The summed E-state index contributed by atoms with van der Waals surface area (Å²) in [6.07, 6.45) is 8.49. The van der Waals surface area contributed by atoms with E-state index in [1.54, 1.807) is 0 Å². The van der Waals surface area contributed by atoms with Crippen molar-refractivity contribution in [2.24, 2.45) is 5.73 Å². The Morgan fingerprint density at radius 1 is 1.05 bits per heavy atom. The van der Waals surface area contributed by atoms with E-state index in [9.17, 15) is 4.79 Å². The molecule has 1 amide bonds. The zero-order chi connectivity index (χ0) is 14.7. The summed E-state index contributed by atoms with van der Waals surface area (Å²) in [7, 11) is 0. The van der Waals surface area contributed by atoms with Crippen LogP contribution in [-0.4, -0.2) is 16.1 Å². The number of rotatable bonds is 6. The van der Waals surface area contributed by atoms with Gasteiger partial charge in [-0.1, -0.05) is 52.4 Å². The van der Waals surface area contributed by atoms with Gasteiger partial charge in [0.2, 0.25) is 0 Å². The maximum atomic E-state index is 10.5. The number of primary amides is 1. The third-order valence-electron chi connectivity index (χ3n) is 2.70. The minimum absolute atomic E-state index is 0.0787. The number of phenols is 2. The topological polar surface area (TPSA) is 83.6 Å². The van der Waals surface area contributed by atoms with Gasteiger partial charge in [-0.15, -0.1) is 0 Å². The molecule has 4 nitrogen and oxygen atoms in total. The fourth-order valence-corrected chi connectivity index (χ4v) is 1.57. The normalized spacial score (nSPS) is 9.58. The van der Waals surface area contributed by atoms with E-state index < -0.39 is 5.91 Å². The Morgan fingerprint density at radius 2 is 1.58 bits per heavy atom. The Balaban J connectivity index is 0.000000362. The zero-order valence-electron chi connectivity index (χ0n) is 11.9. The van der Waals surface area contributed by atoms with Gasteiger partial charge in [-0.2, -0.15) is 0 Å². The first kappa shape index (κ1) is 17.3. The van der Waals surface area contributed by atoms with E-state index in [0.29, 0.717) is 0 Å². The van der Waals surface area contributed by atoms with Gasteiger partial charge >= 0.3 is 0 Å². The lowest BCUT2D eigenvalue weighted by Crippen LogP contribution is -2.10. The second-order valence-corrected chi connectivity index (χ2v) is 4.48. The lowest BCUT2D eigenvalue weighted by atomic mass is 10.1. The van der Waals surface area contributed by atoms with Crippen molar-refractivity contribution in [2.75, 3.05) is 0 Å². The molecule has 0 aliphatic heterocycles. The summed E-state index contributed by atoms with van der Waals surface area (Å²) < 4.78 is 0. The van der Waals surface area contributed by atoms with Crippen molar-refractivity contribution in [3.63, 3.8) is 0 Å². The molecule has 0 heterocycles. The van der Waals surface area contributed by atoms with Crippen molar-refractivity contribution < 1.29 is 15.0 Å². The monoisotopic (exact) mass is 267 g/mol. The van der Waals surface area contributed by atoms with Crippen molar-refractivity contribution in [3.8, 4) is 11.5 Å². The molecule has 0 atom stereocenters. The van der Waals surface area contributed by atoms with Crippen molar-refractivity contribution in [3.05, 3.63) is 23.8 Å². The van der Waals surface area contributed by atoms with Gasteiger partial charge in [0.1, 0.15) is 11.5 Å². The maximum absolute atomic E-state index is 10.5. The van der Waals surface area contributed by atoms with Crippen molar-refractivity contribution in [2.45, 2.75) is 52.4 Å². The first-order valence-electron chi connectivity index (χ1n) is 6.84. The van der Waals surface area contributed by atoms with E-state index in [2.05, 4.69) is 13.8 Å². The molecule has 0 aromatic heterocycles. The highest BCUT2D eigenvalue weighted by atomic mass is 16.3. The summed E-state index contributed by atoms with van der Waals surface area (Å²) in [6.45, 7) is 4.51. The van der Waals surface area contributed by atoms with Gasteiger partial charge < -0.3 is 15.9 Å². The van der Waals surface area contributed by atoms with Crippen molar-refractivity contribution >= 4 is 5.91 Å². The van der Waals surface area contributed by atoms with Crippen LogP contribution in [0, 0.1) is 0 Å². The summed E-state index contributed by atoms with van der Waals surface area (Å²) in [4.78, 5) is 10.5. The number of hydrogen-bond donors (Lipinski definition) is 3. The van der Waals surface area contributed by atoms with Crippen LogP contribution in [0.5, 0.6) is 11.5 Å². The summed E-state index contributed by atoms with van der Waals surface area (Å²) in [5, 5.41) is 17.9. The van der Waals surface area contributed by atoms with E-state index in [4.69, 9.17) is 15.9 Å². The molecule has 0 spiro atoms. The van der Waals surface area contributed by atoms with Gasteiger partial charge in [-0.25, -0.2) is 0 Å². The van der Waals surface area contributed by atoms with Crippen LogP contribution < -0.4 is 5.73 Å². The van der Waals surface area contributed by atoms with E-state index in [-0.39, 0.29) is 17.1 Å². The van der Waals surface area contributed by atoms with Crippen LogP contribution in [0.2, 0.25) is 0 Å². The standard InChI is InChI=1S/C8H18.C7H7NO3/c1-3-5-7-8-6-4-2;8-7(11)5-3-4(9)1-2-6(5)10/h3-8H2,1-2H3;1-3,9-10H,(H2,8,11). The molecule has 0 saturated heterocycles. The molecule has 0 fully saturated rings. The molecule has 1 aromatic rings. The lowest BCUT2D eigenvalue weighted by molar-refractivity contribution is 0.0997. The molecule has 0 aliphatic carbocycles. The first-order valence-corrected chi connectivity index (χ1v) is 6.84. The Hall–Kier alpha value is -1.71. The van der Waals surface area contributed by atoms with Gasteiger partial charge in [0.15, 0.2) is 0 Å². The van der Waals surface area contributed by atoms with Gasteiger partial charge in [0, 0.05) is 0 Å². The Labute approximate surface area is 115 Å². The predicted octanol–water partition coefficient (Wildman–Crippen LogP) is 3.56. The highest BCUT2D eigenvalue weighted by Crippen LogP contribution is 2.20. The van der Waals surface area contributed by atoms with Crippen LogP contribution in [0.1, 0.15) is 62.7 Å². The number of nitrogens with two attached hydrogens (primary N) is 1. The predicted molar refractivity (Wildman–Crippen MR) is 77.3 cm³/mol. The molecular formula is C15H25NO3. The molecule has 19 heavy (non-hydrogen) atoms. The minimum Gasteiger partial charge on any atom is -0.508 e. The van der Waals surface area contributed by atoms with Crippen LogP contribution in [0.4, 0.5) is 0 Å². The zero-order valence-corrected chi connectivity index (χ0v) is 11.9. The summed E-state index contributed by atoms with van der Waals surface area (Å²) in [6, 6.07) is 3.58. The quantitative estimate of drug-likeness (QED) is 0.544. The molecule has 1 aromatic carbocycles. The second kappa shape index (κ2) is 10.2. The average Bonchev–Trinajstić information content (AvgIpc) is 2.38. The number of phenolic OH excluding ortho intramolecular Hbond substituents is 1. The average molecular weight is 267 g/mol. The molecule has 4 N–H and O–H groups in total. The van der Waals surface area contributed by atoms with Crippen LogP contribution >= 0.6 is 0 Å². The largest absolute Gasteiger partial charge is 0.508 e. The molecular weight excluding hydrogens is 242 g/mol. The maximum Gasteiger partial charge on any atom is 0.252 e. The minimum atomic E-state index is -0.765. The Bertz CT molecular complexity index is 372. The summed E-state index contributed by atoms with van der Waals surface area (Å²) in [5.41, 5.74) is 4.79. The molecule has 0 aliphatic rings. The number of aromatic hydroxyl groups is 2. The molecule has 0 bridgehead atoms. The van der Waals surface area contributed by atoms with Crippen molar-refractivity contribution in [1.29, 1.82) is 0 Å². The van der Waals surface area contributed by atoms with Crippen LogP contribution in [0.25, 0.3) is 0 Å². The number of carbonyl (C=O) groups is 1. The summed E-state index contributed by atoms with van der Waals surface area (Å²) >= 11 is 0. The van der Waals surface area contributed by atoms with E-state index in [1.165, 1.54) is 50.7 Å². The van der Waals surface area contributed by atoms with Gasteiger partial charge in [0.25, 0.3) is 5.91 Å². The van der Waals surface area contributed by atoms with Crippen LogP contribution in [0.15, 0.2) is 18.2 Å². The van der Waals surface area contributed by atoms with Crippen LogP contribution in [0.3, 0.4) is 0 Å². The van der Waals surface area contributed by atoms with E-state index >= 15 is 0 Å². The molecule has 1 rings (SSSR count). The fraction of sp³-hybridized carbons (Fsp3) is 0.533. The smallest absolute Gasteiger partial charge is 0.252 e. The lowest BCUT2D eigenvalue weighted by Gasteiger charge is -1.99. The highest BCUT2D eigenvalue weighted by molar-refractivity contribution is 5.95. The number of carbonyl (C=O) groups excluding carboxylic acids is 1. The fourth-order valence-electron chi connectivity index (χ4n) is 1.57. The molecule has 4 heteroatoms. The third kappa shape index (κ3) is 8.08. The number of amides is 1. The van der Waals surface area contributed by atoms with Gasteiger partial charge in [-0.05, 0) is 18.2 Å². The Kier molecular flexibility index (Phi) is 9.31. The first-order chi connectivity index (χ1) is 9.02. The SMILES string of the molecule is CCCCCCCC.NC(=O)c1cc(O)ccc1O.